The van der Waals surface area contributed by atoms with Crippen LogP contribution in [0, 0.1) is 13.8 Å². The molecule has 5 N–H and O–H groups in total. The van der Waals surface area contributed by atoms with E-state index in [0.717, 1.165) is 18.7 Å². The highest BCUT2D eigenvalue weighted by atomic mass is 19.4. The number of amides is 1. The third-order valence-electron chi connectivity index (χ3n) is 4.82. The van der Waals surface area contributed by atoms with Crippen molar-refractivity contribution in [3.8, 4) is 5.75 Å². The van der Waals surface area contributed by atoms with Crippen molar-refractivity contribution in [3.05, 3.63) is 34.4 Å². The number of fused-ring (bicyclic) bond motifs is 1. The average molecular weight is 456 g/mol. The van der Waals surface area contributed by atoms with Crippen molar-refractivity contribution in [2.75, 3.05) is 13.7 Å². The molecular weight excluding hydrogens is 429 g/mol. The number of hydrogen-bond acceptors (Lipinski definition) is 5. The molecule has 1 aromatic carbocycles. The molecule has 1 amide bonds. The first-order valence-electron chi connectivity index (χ1n) is 9.94. The van der Waals surface area contributed by atoms with Crippen molar-refractivity contribution < 1.29 is 32.2 Å². The van der Waals surface area contributed by atoms with Crippen LogP contribution in [0.2, 0.25) is 0 Å². The van der Waals surface area contributed by atoms with Crippen molar-refractivity contribution in [2.24, 2.45) is 16.5 Å². The molecule has 1 aliphatic heterocycles. The van der Waals surface area contributed by atoms with Gasteiger partial charge in [0.1, 0.15) is 11.8 Å². The molecule has 1 heterocycles. The molecule has 2 atom stereocenters. The molecule has 32 heavy (non-hydrogen) atoms. The molecule has 0 saturated carbocycles. The molecule has 0 spiro atoms. The van der Waals surface area contributed by atoms with Gasteiger partial charge in [0.15, 0.2) is 5.96 Å². The number of methoxy groups -OCH3 is 1. The Kier molecular flexibility index (Phi) is 8.12. The maximum absolute atomic E-state index is 13.7. The third-order valence-corrected chi connectivity index (χ3v) is 4.82. The van der Waals surface area contributed by atoms with Gasteiger partial charge in [-0.2, -0.15) is 13.2 Å². The lowest BCUT2D eigenvalue weighted by molar-refractivity contribution is -0.185. The van der Waals surface area contributed by atoms with E-state index in [2.05, 4.69) is 15.0 Å². The van der Waals surface area contributed by atoms with Gasteiger partial charge in [0.2, 0.25) is 6.10 Å². The standard InChI is InChI=1S/C21H27F3N4O4/c1-11-8-12(2)16-13(9-11)10-14(17(32-16)21(22,23)24)18(29)28-15(19(30)31-3)6-4-5-7-27-20(25)26/h8-10,15,17H,4-7H2,1-3H3,(H,28,29)(H4,25,26,27)/t15-,17-/m0/s1. The minimum Gasteiger partial charge on any atom is -0.475 e. The second-order valence-corrected chi connectivity index (χ2v) is 7.49. The van der Waals surface area contributed by atoms with E-state index in [4.69, 9.17) is 16.2 Å². The van der Waals surface area contributed by atoms with Gasteiger partial charge < -0.3 is 26.3 Å². The van der Waals surface area contributed by atoms with E-state index >= 15 is 0 Å². The zero-order chi connectivity index (χ0) is 24.1. The molecule has 0 aromatic heterocycles. The van der Waals surface area contributed by atoms with Crippen LogP contribution in [0.5, 0.6) is 5.75 Å². The number of aliphatic imine (C=N–C) groups is 1. The van der Waals surface area contributed by atoms with E-state index in [0.29, 0.717) is 30.5 Å². The summed E-state index contributed by atoms with van der Waals surface area (Å²) in [6.07, 6.45) is -5.08. The highest BCUT2D eigenvalue weighted by Gasteiger charge is 2.48. The number of benzene rings is 1. The summed E-state index contributed by atoms with van der Waals surface area (Å²) < 4.78 is 51.0. The molecule has 0 radical (unpaired) electrons. The van der Waals surface area contributed by atoms with Gasteiger partial charge in [0.05, 0.1) is 12.7 Å². The highest BCUT2D eigenvalue weighted by Crippen LogP contribution is 2.39. The third kappa shape index (κ3) is 6.38. The van der Waals surface area contributed by atoms with Gasteiger partial charge in [0, 0.05) is 12.1 Å². The molecule has 1 aromatic rings. The van der Waals surface area contributed by atoms with Gasteiger partial charge in [-0.1, -0.05) is 11.6 Å². The number of carbonyl (C=O) groups excluding carboxylic acids is 2. The summed E-state index contributed by atoms with van der Waals surface area (Å²) in [6.45, 7) is 3.73. The Hall–Kier alpha value is -3.24. The van der Waals surface area contributed by atoms with Gasteiger partial charge >= 0.3 is 12.1 Å². The fraction of sp³-hybridized carbons (Fsp3) is 0.476. The molecule has 0 saturated heterocycles. The first-order chi connectivity index (χ1) is 14.9. The molecule has 0 bridgehead atoms. The number of hydrogen-bond donors (Lipinski definition) is 3. The van der Waals surface area contributed by atoms with E-state index in [1.807, 2.05) is 0 Å². The maximum Gasteiger partial charge on any atom is 0.429 e. The number of nitrogens with zero attached hydrogens (tertiary/aromatic N) is 1. The summed E-state index contributed by atoms with van der Waals surface area (Å²) in [5.74, 6) is -1.83. The minimum absolute atomic E-state index is 0.0683. The largest absolute Gasteiger partial charge is 0.475 e. The van der Waals surface area contributed by atoms with Gasteiger partial charge in [-0.15, -0.1) is 0 Å². The maximum atomic E-state index is 13.7. The predicted molar refractivity (Wildman–Crippen MR) is 113 cm³/mol. The first-order valence-corrected chi connectivity index (χ1v) is 9.94. The highest BCUT2D eigenvalue weighted by molar-refractivity contribution is 6.02. The van der Waals surface area contributed by atoms with E-state index in [-0.39, 0.29) is 18.1 Å². The number of aryl methyl sites for hydroxylation is 2. The van der Waals surface area contributed by atoms with Gasteiger partial charge in [-0.05, 0) is 50.8 Å². The van der Waals surface area contributed by atoms with Gasteiger partial charge in [-0.25, -0.2) is 4.79 Å². The summed E-state index contributed by atoms with van der Waals surface area (Å²) in [4.78, 5) is 28.7. The molecule has 0 aliphatic carbocycles. The van der Waals surface area contributed by atoms with E-state index in [9.17, 15) is 22.8 Å². The fourth-order valence-corrected chi connectivity index (χ4v) is 3.41. The number of alkyl halides is 3. The van der Waals surface area contributed by atoms with Crippen molar-refractivity contribution in [3.63, 3.8) is 0 Å². The summed E-state index contributed by atoms with van der Waals surface area (Å²) in [5, 5.41) is 2.35. The topological polar surface area (TPSA) is 129 Å². The zero-order valence-electron chi connectivity index (χ0n) is 18.1. The van der Waals surface area contributed by atoms with E-state index < -0.39 is 35.8 Å². The van der Waals surface area contributed by atoms with Crippen LogP contribution >= 0.6 is 0 Å². The first kappa shape index (κ1) is 25.0. The Morgan fingerprint density at radius 1 is 1.25 bits per heavy atom. The molecule has 8 nitrogen and oxygen atoms in total. The normalized spacial score (nSPS) is 16.2. The van der Waals surface area contributed by atoms with Crippen molar-refractivity contribution in [1.82, 2.24) is 5.32 Å². The Labute approximate surface area is 183 Å². The second kappa shape index (κ2) is 10.4. The number of unbranched alkanes of at least 4 members (excludes halogenated alkanes) is 1. The van der Waals surface area contributed by atoms with Gasteiger partial charge in [-0.3, -0.25) is 9.79 Å². The van der Waals surface area contributed by atoms with Crippen molar-refractivity contribution in [2.45, 2.75) is 51.4 Å². The summed E-state index contributed by atoms with van der Waals surface area (Å²) in [5.41, 5.74) is 11.5. The lowest BCUT2D eigenvalue weighted by Crippen LogP contribution is -2.48. The van der Waals surface area contributed by atoms with Crippen LogP contribution in [-0.4, -0.2) is 49.8 Å². The zero-order valence-corrected chi connectivity index (χ0v) is 18.1. The van der Waals surface area contributed by atoms with E-state index in [1.54, 1.807) is 26.0 Å². The quantitative estimate of drug-likeness (QED) is 0.238. The summed E-state index contributed by atoms with van der Waals surface area (Å²) in [6, 6.07) is 2.19. The average Bonchev–Trinajstić information content (AvgIpc) is 2.69. The number of rotatable bonds is 8. The Balaban J connectivity index is 2.26. The smallest absolute Gasteiger partial charge is 0.429 e. The molecular formula is C21H27F3N4O4. The van der Waals surface area contributed by atoms with Crippen LogP contribution in [0.25, 0.3) is 6.08 Å². The van der Waals surface area contributed by atoms with Crippen LogP contribution in [-0.2, 0) is 14.3 Å². The number of guanidine groups is 1. The minimum atomic E-state index is -4.83. The molecule has 0 unspecified atom stereocenters. The van der Waals surface area contributed by atoms with Crippen molar-refractivity contribution >= 4 is 23.9 Å². The monoisotopic (exact) mass is 456 g/mol. The number of esters is 1. The van der Waals surface area contributed by atoms with Gasteiger partial charge in [0.25, 0.3) is 5.91 Å². The van der Waals surface area contributed by atoms with Crippen LogP contribution in [0.3, 0.4) is 0 Å². The summed E-state index contributed by atoms with van der Waals surface area (Å²) >= 11 is 0. The molecule has 1 aliphatic rings. The number of halogens is 3. The second-order valence-electron chi connectivity index (χ2n) is 7.49. The summed E-state index contributed by atoms with van der Waals surface area (Å²) in [7, 11) is 1.13. The van der Waals surface area contributed by atoms with Crippen molar-refractivity contribution in [1.29, 1.82) is 0 Å². The van der Waals surface area contributed by atoms with Crippen LogP contribution in [0.15, 0.2) is 22.7 Å². The lowest BCUT2D eigenvalue weighted by Gasteiger charge is -2.30. The van der Waals surface area contributed by atoms with E-state index in [1.165, 1.54) is 0 Å². The van der Waals surface area contributed by atoms with Crippen LogP contribution in [0.1, 0.15) is 36.0 Å². The fourth-order valence-electron chi connectivity index (χ4n) is 3.41. The molecule has 176 valence electrons. The SMILES string of the molecule is COC(=O)[C@H](CCCCN=C(N)N)NC(=O)C1=Cc2cc(C)cc(C)c2O[C@@H]1C(F)(F)F. The molecule has 11 heteroatoms. The number of carbonyl (C=O) groups is 2. The van der Waals surface area contributed by atoms with Crippen LogP contribution in [0.4, 0.5) is 13.2 Å². The molecule has 2 rings (SSSR count). The Morgan fingerprint density at radius 3 is 2.53 bits per heavy atom. The Bertz CT molecular complexity index is 924. The number of nitrogens with two attached hydrogens (primary N) is 2. The number of nitrogens with one attached hydrogen (secondary N) is 1. The number of ether oxygens (including phenoxy) is 2. The lowest BCUT2D eigenvalue weighted by atomic mass is 9.96. The Morgan fingerprint density at radius 2 is 1.94 bits per heavy atom. The predicted octanol–water partition coefficient (Wildman–Crippen LogP) is 2.11. The van der Waals surface area contributed by atoms with Crippen LogP contribution < -0.4 is 21.5 Å². The molecule has 0 fully saturated rings.